The van der Waals surface area contributed by atoms with E-state index >= 15 is 0 Å². The lowest BCUT2D eigenvalue weighted by atomic mass is 9.90. The molecule has 0 spiro atoms. The molecule has 7 nitrogen and oxygen atoms in total. The van der Waals surface area contributed by atoms with Crippen molar-refractivity contribution in [3.05, 3.63) is 80.5 Å². The van der Waals surface area contributed by atoms with Crippen LogP contribution >= 0.6 is 11.3 Å². The van der Waals surface area contributed by atoms with E-state index in [1.807, 2.05) is 17.0 Å². The molecule has 3 heterocycles. The molecule has 214 valence electrons. The van der Waals surface area contributed by atoms with Crippen molar-refractivity contribution in [3.8, 4) is 5.75 Å². The minimum atomic E-state index is -3.74. The van der Waals surface area contributed by atoms with Crippen molar-refractivity contribution in [3.63, 3.8) is 0 Å². The zero-order valence-corrected chi connectivity index (χ0v) is 25.3. The van der Waals surface area contributed by atoms with Crippen LogP contribution in [0.15, 0.2) is 52.7 Å². The van der Waals surface area contributed by atoms with Crippen LogP contribution in [0, 0.1) is 20.8 Å². The van der Waals surface area contributed by atoms with Gasteiger partial charge in [0.15, 0.2) is 0 Å². The summed E-state index contributed by atoms with van der Waals surface area (Å²) < 4.78 is 40.6. The number of rotatable bonds is 8. The first-order valence-electron chi connectivity index (χ1n) is 13.9. The Morgan fingerprint density at radius 1 is 1.00 bits per heavy atom. The van der Waals surface area contributed by atoms with Crippen molar-refractivity contribution in [1.29, 1.82) is 0 Å². The first kappa shape index (κ1) is 28.8. The summed E-state index contributed by atoms with van der Waals surface area (Å²) in [6.07, 6.45) is 3.26. The van der Waals surface area contributed by atoms with E-state index in [0.29, 0.717) is 41.3 Å². The van der Waals surface area contributed by atoms with Gasteiger partial charge in [-0.25, -0.2) is 8.42 Å². The van der Waals surface area contributed by atoms with Crippen LogP contribution in [0.5, 0.6) is 5.75 Å². The van der Waals surface area contributed by atoms with E-state index in [0.717, 1.165) is 30.4 Å². The maximum atomic E-state index is 13.9. The third kappa shape index (κ3) is 5.57. The number of hydrogen-bond acceptors (Lipinski definition) is 6. The number of aryl methyl sites for hydroxylation is 3. The Balaban J connectivity index is 1.31. The molecule has 0 aliphatic carbocycles. The predicted octanol–water partition coefficient (Wildman–Crippen LogP) is 5.42. The van der Waals surface area contributed by atoms with Crippen LogP contribution in [0.2, 0.25) is 0 Å². The van der Waals surface area contributed by atoms with Gasteiger partial charge < -0.3 is 14.4 Å². The molecule has 3 aromatic rings. The summed E-state index contributed by atoms with van der Waals surface area (Å²) in [5.41, 5.74) is 4.80. The largest absolute Gasteiger partial charge is 0.497 e. The van der Waals surface area contributed by atoms with Crippen LogP contribution in [0.3, 0.4) is 0 Å². The van der Waals surface area contributed by atoms with Crippen LogP contribution in [-0.4, -0.2) is 63.0 Å². The quantitative estimate of drug-likeness (QED) is 0.355. The lowest BCUT2D eigenvalue weighted by molar-refractivity contribution is -0.138. The maximum absolute atomic E-state index is 13.9. The highest BCUT2D eigenvalue weighted by Crippen LogP contribution is 2.39. The highest BCUT2D eigenvalue weighted by molar-refractivity contribution is 7.89. The molecule has 5 rings (SSSR count). The number of fused-ring (bicyclic) bond motifs is 1. The fourth-order valence-corrected chi connectivity index (χ4v) is 9.19. The SMILES string of the molecule is COc1cc(C)c(S(=O)(=O)N2CCCCC2COCC(=O)N2CCc3sccc3C2c2ccccc2C)c(C)c1. The highest BCUT2D eigenvalue weighted by atomic mass is 32.2. The molecule has 0 radical (unpaired) electrons. The van der Waals surface area contributed by atoms with Crippen LogP contribution in [0.25, 0.3) is 0 Å². The van der Waals surface area contributed by atoms with Gasteiger partial charge in [0, 0.05) is 24.0 Å². The Labute approximate surface area is 241 Å². The number of carbonyl (C=O) groups excluding carboxylic acids is 1. The summed E-state index contributed by atoms with van der Waals surface area (Å²) in [6, 6.07) is 13.4. The molecular weight excluding hydrogens is 544 g/mol. The minimum Gasteiger partial charge on any atom is -0.497 e. The average Bonchev–Trinajstić information content (AvgIpc) is 3.41. The second kappa shape index (κ2) is 12.0. The van der Waals surface area contributed by atoms with Crippen molar-refractivity contribution >= 4 is 27.3 Å². The number of ether oxygens (including phenoxy) is 2. The lowest BCUT2D eigenvalue weighted by Crippen LogP contribution is -2.47. The number of thiophene rings is 1. The van der Waals surface area contributed by atoms with Crippen molar-refractivity contribution in [1.82, 2.24) is 9.21 Å². The first-order chi connectivity index (χ1) is 19.2. The molecule has 0 N–H and O–H groups in total. The van der Waals surface area contributed by atoms with Crippen LogP contribution < -0.4 is 4.74 Å². The first-order valence-corrected chi connectivity index (χ1v) is 16.2. The molecule has 2 aliphatic heterocycles. The number of hydrogen-bond donors (Lipinski definition) is 0. The molecule has 1 aromatic heterocycles. The van der Waals surface area contributed by atoms with Gasteiger partial charge in [-0.3, -0.25) is 4.79 Å². The highest BCUT2D eigenvalue weighted by Gasteiger charge is 2.37. The molecule has 2 aliphatic rings. The van der Waals surface area contributed by atoms with E-state index in [-0.39, 0.29) is 31.2 Å². The standard InChI is InChI=1S/C31H38N2O5S2/c1-21-9-5-6-11-26(21)30-27-13-16-39-28(27)12-15-32(30)29(34)20-38-19-24-10-7-8-14-33(24)40(35,36)31-22(2)17-25(37-4)18-23(31)3/h5-6,9,11,13,16-18,24,30H,7-8,10,12,14-15,19-20H2,1-4H3. The fourth-order valence-electron chi connectivity index (χ4n) is 6.19. The molecule has 9 heteroatoms. The topological polar surface area (TPSA) is 76.1 Å². The second-order valence-electron chi connectivity index (χ2n) is 10.8. The Hall–Kier alpha value is -2.72. The molecule has 2 unspecified atom stereocenters. The van der Waals surface area contributed by atoms with E-state index in [2.05, 4.69) is 30.5 Å². The van der Waals surface area contributed by atoms with Gasteiger partial charge in [-0.15, -0.1) is 11.3 Å². The van der Waals surface area contributed by atoms with Gasteiger partial charge in [-0.2, -0.15) is 4.31 Å². The van der Waals surface area contributed by atoms with Crippen LogP contribution in [-0.2, 0) is 26.0 Å². The number of benzene rings is 2. The Bertz CT molecular complexity index is 1460. The van der Waals surface area contributed by atoms with E-state index in [4.69, 9.17) is 9.47 Å². The molecule has 2 aromatic carbocycles. The normalized spacial score (nSPS) is 19.9. The third-order valence-electron chi connectivity index (χ3n) is 8.11. The molecule has 1 amide bonds. The van der Waals surface area contributed by atoms with E-state index in [1.165, 1.54) is 10.4 Å². The van der Waals surface area contributed by atoms with Gasteiger partial charge in [-0.1, -0.05) is 30.7 Å². The number of methoxy groups -OCH3 is 1. The molecule has 1 fully saturated rings. The lowest BCUT2D eigenvalue weighted by Gasteiger charge is -2.37. The van der Waals surface area contributed by atoms with Crippen molar-refractivity contribution in [2.75, 3.05) is 33.4 Å². The summed E-state index contributed by atoms with van der Waals surface area (Å²) in [7, 11) is -2.16. The molecule has 2 atom stereocenters. The predicted molar refractivity (Wildman–Crippen MR) is 158 cm³/mol. The van der Waals surface area contributed by atoms with Gasteiger partial charge in [0.1, 0.15) is 12.4 Å². The smallest absolute Gasteiger partial charge is 0.249 e. The van der Waals surface area contributed by atoms with Gasteiger partial charge in [0.05, 0.1) is 24.7 Å². The molecule has 40 heavy (non-hydrogen) atoms. The van der Waals surface area contributed by atoms with Crippen LogP contribution in [0.1, 0.15) is 58.0 Å². The Morgan fingerprint density at radius 2 is 1.75 bits per heavy atom. The van der Waals surface area contributed by atoms with Crippen molar-refractivity contribution in [2.45, 2.75) is 63.4 Å². The number of carbonyl (C=O) groups is 1. The van der Waals surface area contributed by atoms with Gasteiger partial charge in [0.2, 0.25) is 15.9 Å². The summed E-state index contributed by atoms with van der Waals surface area (Å²) in [5.74, 6) is 0.569. The van der Waals surface area contributed by atoms with Gasteiger partial charge in [0.25, 0.3) is 0 Å². The fraction of sp³-hybridized carbons (Fsp3) is 0.452. The zero-order chi connectivity index (χ0) is 28.4. The van der Waals surface area contributed by atoms with Gasteiger partial charge in [-0.05, 0) is 91.4 Å². The summed E-state index contributed by atoms with van der Waals surface area (Å²) in [5, 5.41) is 2.10. The summed E-state index contributed by atoms with van der Waals surface area (Å²) in [4.78, 5) is 17.2. The second-order valence-corrected chi connectivity index (χ2v) is 13.6. The monoisotopic (exact) mass is 582 g/mol. The number of nitrogens with zero attached hydrogens (tertiary/aromatic N) is 2. The Morgan fingerprint density at radius 3 is 2.48 bits per heavy atom. The minimum absolute atomic E-state index is 0.0721. The zero-order valence-electron chi connectivity index (χ0n) is 23.7. The maximum Gasteiger partial charge on any atom is 0.249 e. The van der Waals surface area contributed by atoms with Crippen molar-refractivity contribution in [2.24, 2.45) is 0 Å². The van der Waals surface area contributed by atoms with Crippen LogP contribution in [0.4, 0.5) is 0 Å². The van der Waals surface area contributed by atoms with E-state index in [9.17, 15) is 13.2 Å². The van der Waals surface area contributed by atoms with E-state index in [1.54, 1.807) is 48.7 Å². The molecule has 0 saturated carbocycles. The Kier molecular flexibility index (Phi) is 8.66. The average molecular weight is 583 g/mol. The number of amides is 1. The number of sulfonamides is 1. The summed E-state index contributed by atoms with van der Waals surface area (Å²) >= 11 is 1.75. The van der Waals surface area contributed by atoms with Crippen molar-refractivity contribution < 1.29 is 22.7 Å². The molecular formula is C31H38N2O5S2. The molecule has 0 bridgehead atoms. The third-order valence-corrected chi connectivity index (χ3v) is 11.4. The number of piperidine rings is 1. The molecule has 1 saturated heterocycles. The van der Waals surface area contributed by atoms with Gasteiger partial charge >= 0.3 is 0 Å². The van der Waals surface area contributed by atoms with E-state index < -0.39 is 10.0 Å². The summed E-state index contributed by atoms with van der Waals surface area (Å²) in [6.45, 7) is 6.88.